The zero-order chi connectivity index (χ0) is 12.1. The van der Waals surface area contributed by atoms with Gasteiger partial charge < -0.3 is 11.1 Å². The van der Waals surface area contributed by atoms with Crippen molar-refractivity contribution in [1.82, 2.24) is 0 Å². The zero-order valence-electron chi connectivity index (χ0n) is 9.59. The monoisotopic (exact) mass is 300 g/mol. The fourth-order valence-electron chi connectivity index (χ4n) is 1.62. The molecule has 0 bridgehead atoms. The largest absolute Gasteiger partial charge is 0.389 e. The van der Waals surface area contributed by atoms with Gasteiger partial charge in [-0.2, -0.15) is 0 Å². The van der Waals surface area contributed by atoms with E-state index in [1.54, 1.807) is 0 Å². The highest BCUT2D eigenvalue weighted by molar-refractivity contribution is 9.10. The molecule has 16 heavy (non-hydrogen) atoms. The summed E-state index contributed by atoms with van der Waals surface area (Å²) >= 11 is 8.48. The van der Waals surface area contributed by atoms with Crippen molar-refractivity contribution in [3.8, 4) is 0 Å². The first-order chi connectivity index (χ1) is 7.54. The Balaban J connectivity index is 2.92. The third-order valence-electron chi connectivity index (χ3n) is 2.37. The molecular weight excluding hydrogens is 284 g/mol. The topological polar surface area (TPSA) is 38.0 Å². The molecule has 1 rings (SSSR count). The van der Waals surface area contributed by atoms with Crippen LogP contribution in [0, 0.1) is 0 Å². The molecule has 0 heterocycles. The van der Waals surface area contributed by atoms with Crippen LogP contribution in [-0.4, -0.2) is 11.0 Å². The van der Waals surface area contributed by atoms with E-state index >= 15 is 0 Å². The van der Waals surface area contributed by atoms with Crippen LogP contribution < -0.4 is 11.1 Å². The molecule has 0 aromatic heterocycles. The average molecular weight is 301 g/mol. The standard InChI is InChI=1S/C12H17BrN2S/c1-3-4-8(2)15-11-7-9(13)5-6-10(11)12(14)16/h5-8,15H,3-4H2,1-2H3,(H2,14,16). The van der Waals surface area contributed by atoms with E-state index in [1.807, 2.05) is 18.2 Å². The fourth-order valence-corrected chi connectivity index (χ4v) is 2.16. The Morgan fingerprint density at radius 1 is 1.56 bits per heavy atom. The van der Waals surface area contributed by atoms with E-state index in [-0.39, 0.29) is 0 Å². The predicted molar refractivity (Wildman–Crippen MR) is 78.0 cm³/mol. The Morgan fingerprint density at radius 3 is 2.81 bits per heavy atom. The molecule has 0 aliphatic carbocycles. The lowest BCUT2D eigenvalue weighted by atomic mass is 10.1. The quantitative estimate of drug-likeness (QED) is 0.815. The molecule has 0 radical (unpaired) electrons. The van der Waals surface area contributed by atoms with Gasteiger partial charge >= 0.3 is 0 Å². The number of hydrogen-bond acceptors (Lipinski definition) is 2. The number of benzene rings is 1. The summed E-state index contributed by atoms with van der Waals surface area (Å²) in [6, 6.07) is 6.32. The van der Waals surface area contributed by atoms with Crippen LogP contribution in [0.15, 0.2) is 22.7 Å². The smallest absolute Gasteiger partial charge is 0.106 e. The van der Waals surface area contributed by atoms with Gasteiger partial charge in [0.25, 0.3) is 0 Å². The lowest BCUT2D eigenvalue weighted by molar-refractivity contribution is 0.690. The predicted octanol–water partition coefficient (Wildman–Crippen LogP) is 3.68. The van der Waals surface area contributed by atoms with Crippen LogP contribution in [0.5, 0.6) is 0 Å². The van der Waals surface area contributed by atoms with E-state index in [4.69, 9.17) is 18.0 Å². The zero-order valence-corrected chi connectivity index (χ0v) is 12.0. The van der Waals surface area contributed by atoms with Crippen molar-refractivity contribution in [1.29, 1.82) is 0 Å². The normalized spacial score (nSPS) is 12.2. The molecule has 0 saturated heterocycles. The van der Waals surface area contributed by atoms with E-state index in [0.717, 1.165) is 28.6 Å². The van der Waals surface area contributed by atoms with Crippen molar-refractivity contribution >= 4 is 38.8 Å². The molecular formula is C12H17BrN2S. The molecule has 4 heteroatoms. The summed E-state index contributed by atoms with van der Waals surface area (Å²) in [5.41, 5.74) is 7.60. The summed E-state index contributed by atoms with van der Waals surface area (Å²) in [5, 5.41) is 3.44. The molecule has 0 aliphatic rings. The molecule has 0 spiro atoms. The Bertz CT molecular complexity index is 379. The summed E-state index contributed by atoms with van der Waals surface area (Å²) in [6.45, 7) is 4.33. The maximum Gasteiger partial charge on any atom is 0.106 e. The fraction of sp³-hybridized carbons (Fsp3) is 0.417. The minimum Gasteiger partial charge on any atom is -0.389 e. The molecule has 0 saturated carbocycles. The summed E-state index contributed by atoms with van der Waals surface area (Å²) in [7, 11) is 0. The number of rotatable bonds is 5. The lowest BCUT2D eigenvalue weighted by Gasteiger charge is -2.17. The first-order valence-corrected chi connectivity index (χ1v) is 6.60. The van der Waals surface area contributed by atoms with Gasteiger partial charge in [-0.1, -0.05) is 41.5 Å². The second-order valence-electron chi connectivity index (χ2n) is 3.89. The van der Waals surface area contributed by atoms with Gasteiger partial charge in [-0.05, 0) is 31.5 Å². The first kappa shape index (κ1) is 13.5. The van der Waals surface area contributed by atoms with Crippen LogP contribution >= 0.6 is 28.1 Å². The van der Waals surface area contributed by atoms with E-state index in [1.165, 1.54) is 0 Å². The van der Waals surface area contributed by atoms with Crippen molar-refractivity contribution in [2.75, 3.05) is 5.32 Å². The highest BCUT2D eigenvalue weighted by Gasteiger charge is 2.08. The number of thiocarbonyl (C=S) groups is 1. The Kier molecular flexibility index (Phi) is 5.22. The second-order valence-corrected chi connectivity index (χ2v) is 5.24. The summed E-state index contributed by atoms with van der Waals surface area (Å²) in [6.07, 6.45) is 2.29. The molecule has 3 N–H and O–H groups in total. The van der Waals surface area contributed by atoms with Gasteiger partial charge in [0.2, 0.25) is 0 Å². The maximum absolute atomic E-state index is 5.69. The van der Waals surface area contributed by atoms with Crippen LogP contribution in [0.2, 0.25) is 0 Å². The van der Waals surface area contributed by atoms with Gasteiger partial charge in [0.05, 0.1) is 0 Å². The number of hydrogen-bond donors (Lipinski definition) is 2. The molecule has 0 fully saturated rings. The van der Waals surface area contributed by atoms with Crippen LogP contribution in [-0.2, 0) is 0 Å². The highest BCUT2D eigenvalue weighted by Crippen LogP contribution is 2.22. The van der Waals surface area contributed by atoms with Crippen LogP contribution in [0.25, 0.3) is 0 Å². The van der Waals surface area contributed by atoms with Gasteiger partial charge in [-0.3, -0.25) is 0 Å². The van der Waals surface area contributed by atoms with Crippen molar-refractivity contribution in [3.05, 3.63) is 28.2 Å². The van der Waals surface area contributed by atoms with E-state index in [0.29, 0.717) is 11.0 Å². The summed E-state index contributed by atoms with van der Waals surface area (Å²) < 4.78 is 1.03. The summed E-state index contributed by atoms with van der Waals surface area (Å²) in [4.78, 5) is 0.429. The number of halogens is 1. The average Bonchev–Trinajstić information content (AvgIpc) is 2.17. The summed E-state index contributed by atoms with van der Waals surface area (Å²) in [5.74, 6) is 0. The van der Waals surface area contributed by atoms with Crippen LogP contribution in [0.1, 0.15) is 32.3 Å². The SMILES string of the molecule is CCCC(C)Nc1cc(Br)ccc1C(N)=S. The minimum atomic E-state index is 0.424. The second kappa shape index (κ2) is 6.21. The van der Waals surface area contributed by atoms with Gasteiger partial charge in [-0.25, -0.2) is 0 Å². The molecule has 0 aliphatic heterocycles. The third kappa shape index (κ3) is 3.76. The lowest BCUT2D eigenvalue weighted by Crippen LogP contribution is -2.19. The number of anilines is 1. The van der Waals surface area contributed by atoms with Crippen molar-refractivity contribution in [2.24, 2.45) is 5.73 Å². The van der Waals surface area contributed by atoms with Gasteiger partial charge in [-0.15, -0.1) is 0 Å². The molecule has 2 nitrogen and oxygen atoms in total. The Labute approximate surface area is 111 Å². The van der Waals surface area contributed by atoms with E-state index in [9.17, 15) is 0 Å². The molecule has 1 aromatic rings. The molecule has 1 aromatic carbocycles. The number of nitrogens with one attached hydrogen (secondary N) is 1. The van der Waals surface area contributed by atoms with Gasteiger partial charge in [0.1, 0.15) is 4.99 Å². The Hall–Kier alpha value is -0.610. The van der Waals surface area contributed by atoms with Gasteiger partial charge in [0, 0.05) is 21.8 Å². The van der Waals surface area contributed by atoms with Crippen molar-refractivity contribution in [3.63, 3.8) is 0 Å². The molecule has 88 valence electrons. The maximum atomic E-state index is 5.69. The number of nitrogens with two attached hydrogens (primary N) is 1. The molecule has 0 amide bonds. The first-order valence-electron chi connectivity index (χ1n) is 5.40. The highest BCUT2D eigenvalue weighted by atomic mass is 79.9. The minimum absolute atomic E-state index is 0.424. The van der Waals surface area contributed by atoms with E-state index < -0.39 is 0 Å². The Morgan fingerprint density at radius 2 is 2.25 bits per heavy atom. The van der Waals surface area contributed by atoms with Crippen molar-refractivity contribution in [2.45, 2.75) is 32.7 Å². The van der Waals surface area contributed by atoms with E-state index in [2.05, 4.69) is 35.1 Å². The third-order valence-corrected chi connectivity index (χ3v) is 3.08. The van der Waals surface area contributed by atoms with Crippen LogP contribution in [0.3, 0.4) is 0 Å². The van der Waals surface area contributed by atoms with Crippen molar-refractivity contribution < 1.29 is 0 Å². The van der Waals surface area contributed by atoms with Gasteiger partial charge in [0.15, 0.2) is 0 Å². The molecule has 1 atom stereocenters. The molecule has 1 unspecified atom stereocenters. The van der Waals surface area contributed by atoms with Crippen LogP contribution in [0.4, 0.5) is 5.69 Å².